The first-order valence-corrected chi connectivity index (χ1v) is 7.17. The number of sulfonamides is 1. The molecule has 0 spiro atoms. The molecule has 17 heavy (non-hydrogen) atoms. The largest absolute Gasteiger partial charge is 0.379 e. The van der Waals surface area contributed by atoms with Gasteiger partial charge in [0.25, 0.3) is 0 Å². The summed E-state index contributed by atoms with van der Waals surface area (Å²) in [7, 11) is -3.37. The van der Waals surface area contributed by atoms with E-state index in [9.17, 15) is 8.42 Å². The quantitative estimate of drug-likeness (QED) is 0.758. The SMILES string of the molecule is CC(C)OCCCNS(=O)(=O)c1ccccc1. The molecule has 1 rings (SSSR count). The Morgan fingerprint density at radius 2 is 1.88 bits per heavy atom. The number of hydrogen-bond acceptors (Lipinski definition) is 3. The van der Waals surface area contributed by atoms with Gasteiger partial charge in [0, 0.05) is 13.2 Å². The Kier molecular flexibility index (Phi) is 5.61. The third-order valence-corrected chi connectivity index (χ3v) is 3.59. The van der Waals surface area contributed by atoms with Gasteiger partial charge in [-0.15, -0.1) is 0 Å². The summed E-state index contributed by atoms with van der Waals surface area (Å²) in [4.78, 5) is 0.296. The molecular weight excluding hydrogens is 238 g/mol. The summed E-state index contributed by atoms with van der Waals surface area (Å²) in [6.45, 7) is 4.86. The van der Waals surface area contributed by atoms with Crippen molar-refractivity contribution in [1.82, 2.24) is 4.72 Å². The molecule has 0 aliphatic heterocycles. The van der Waals surface area contributed by atoms with Crippen molar-refractivity contribution in [3.63, 3.8) is 0 Å². The van der Waals surface area contributed by atoms with E-state index in [2.05, 4.69) is 4.72 Å². The van der Waals surface area contributed by atoms with Crippen LogP contribution in [-0.4, -0.2) is 27.7 Å². The second-order valence-corrected chi connectivity index (χ2v) is 5.75. The molecule has 0 aliphatic carbocycles. The Morgan fingerprint density at radius 3 is 2.47 bits per heavy atom. The van der Waals surface area contributed by atoms with Gasteiger partial charge in [-0.25, -0.2) is 13.1 Å². The van der Waals surface area contributed by atoms with Gasteiger partial charge < -0.3 is 4.74 Å². The maximum Gasteiger partial charge on any atom is 0.240 e. The predicted molar refractivity (Wildman–Crippen MR) is 67.3 cm³/mol. The molecule has 1 aromatic rings. The molecule has 0 fully saturated rings. The van der Waals surface area contributed by atoms with Gasteiger partial charge in [0.15, 0.2) is 0 Å². The Bertz CT molecular complexity index is 415. The number of rotatable bonds is 7. The number of ether oxygens (including phenoxy) is 1. The van der Waals surface area contributed by atoms with E-state index in [0.29, 0.717) is 24.5 Å². The minimum atomic E-state index is -3.37. The maximum absolute atomic E-state index is 11.8. The summed E-state index contributed by atoms with van der Waals surface area (Å²) >= 11 is 0. The molecule has 96 valence electrons. The van der Waals surface area contributed by atoms with Gasteiger partial charge in [-0.3, -0.25) is 0 Å². The molecule has 1 aromatic carbocycles. The highest BCUT2D eigenvalue weighted by atomic mass is 32.2. The van der Waals surface area contributed by atoms with Gasteiger partial charge in [0.1, 0.15) is 0 Å². The van der Waals surface area contributed by atoms with Crippen molar-refractivity contribution in [2.24, 2.45) is 0 Å². The van der Waals surface area contributed by atoms with Gasteiger partial charge in [-0.1, -0.05) is 18.2 Å². The summed E-state index contributed by atoms with van der Waals surface area (Å²) in [6, 6.07) is 8.35. The fourth-order valence-electron chi connectivity index (χ4n) is 1.28. The van der Waals surface area contributed by atoms with Crippen LogP contribution in [0.1, 0.15) is 20.3 Å². The molecule has 0 bridgehead atoms. The van der Waals surface area contributed by atoms with Gasteiger partial charge in [-0.05, 0) is 32.4 Å². The summed E-state index contributed by atoms with van der Waals surface area (Å²) in [5, 5.41) is 0. The standard InChI is InChI=1S/C12H19NO3S/c1-11(2)16-10-6-9-13-17(14,15)12-7-4-3-5-8-12/h3-5,7-8,11,13H,6,9-10H2,1-2H3. The minimum Gasteiger partial charge on any atom is -0.379 e. The first-order chi connectivity index (χ1) is 8.02. The zero-order chi connectivity index (χ0) is 12.7. The van der Waals surface area contributed by atoms with Crippen LogP contribution in [0.2, 0.25) is 0 Å². The molecule has 0 aromatic heterocycles. The fraction of sp³-hybridized carbons (Fsp3) is 0.500. The van der Waals surface area contributed by atoms with Crippen LogP contribution < -0.4 is 4.72 Å². The van der Waals surface area contributed by atoms with E-state index in [-0.39, 0.29) is 6.10 Å². The van der Waals surface area contributed by atoms with Crippen LogP contribution in [0, 0.1) is 0 Å². The highest BCUT2D eigenvalue weighted by Crippen LogP contribution is 2.06. The summed E-state index contributed by atoms with van der Waals surface area (Å²) in [6.07, 6.45) is 0.852. The number of nitrogens with one attached hydrogen (secondary N) is 1. The highest BCUT2D eigenvalue weighted by molar-refractivity contribution is 7.89. The zero-order valence-corrected chi connectivity index (χ0v) is 11.0. The molecule has 1 N–H and O–H groups in total. The van der Waals surface area contributed by atoms with E-state index >= 15 is 0 Å². The van der Waals surface area contributed by atoms with Crippen LogP contribution in [0.3, 0.4) is 0 Å². The van der Waals surface area contributed by atoms with Crippen molar-refractivity contribution < 1.29 is 13.2 Å². The van der Waals surface area contributed by atoms with E-state index in [0.717, 1.165) is 0 Å². The van der Waals surface area contributed by atoms with Crippen molar-refractivity contribution in [3.05, 3.63) is 30.3 Å². The van der Waals surface area contributed by atoms with Crippen LogP contribution in [-0.2, 0) is 14.8 Å². The van der Waals surface area contributed by atoms with E-state index in [4.69, 9.17) is 4.74 Å². The minimum absolute atomic E-state index is 0.181. The zero-order valence-electron chi connectivity index (χ0n) is 10.2. The number of hydrogen-bond donors (Lipinski definition) is 1. The molecule has 0 saturated heterocycles. The third kappa shape index (κ3) is 5.30. The van der Waals surface area contributed by atoms with Crippen molar-refractivity contribution in [3.8, 4) is 0 Å². The van der Waals surface area contributed by atoms with Gasteiger partial charge in [0.05, 0.1) is 11.0 Å². The van der Waals surface area contributed by atoms with E-state index in [1.807, 2.05) is 13.8 Å². The average molecular weight is 257 g/mol. The lowest BCUT2D eigenvalue weighted by molar-refractivity contribution is 0.0778. The first kappa shape index (κ1) is 14.2. The molecule has 0 aliphatic rings. The summed E-state index contributed by atoms with van der Waals surface area (Å²) in [5.74, 6) is 0. The van der Waals surface area contributed by atoms with Gasteiger partial charge >= 0.3 is 0 Å². The van der Waals surface area contributed by atoms with Gasteiger partial charge in [-0.2, -0.15) is 0 Å². The lowest BCUT2D eigenvalue weighted by Crippen LogP contribution is -2.25. The van der Waals surface area contributed by atoms with E-state index in [1.54, 1.807) is 30.3 Å². The van der Waals surface area contributed by atoms with Crippen molar-refractivity contribution in [2.45, 2.75) is 31.3 Å². The normalized spacial score (nSPS) is 11.9. The second kappa shape index (κ2) is 6.74. The first-order valence-electron chi connectivity index (χ1n) is 5.68. The lowest BCUT2D eigenvalue weighted by Gasteiger charge is -2.08. The maximum atomic E-state index is 11.8. The van der Waals surface area contributed by atoms with Crippen molar-refractivity contribution in [1.29, 1.82) is 0 Å². The van der Waals surface area contributed by atoms with Crippen LogP contribution in [0.4, 0.5) is 0 Å². The lowest BCUT2D eigenvalue weighted by atomic mass is 10.4. The Balaban J connectivity index is 2.36. The molecule has 4 nitrogen and oxygen atoms in total. The molecule has 0 amide bonds. The number of benzene rings is 1. The summed E-state index contributed by atoms with van der Waals surface area (Å²) < 4.78 is 31.4. The molecule has 0 heterocycles. The molecule has 0 saturated carbocycles. The third-order valence-electron chi connectivity index (χ3n) is 2.12. The van der Waals surface area contributed by atoms with Crippen LogP contribution in [0.25, 0.3) is 0 Å². The van der Waals surface area contributed by atoms with Crippen LogP contribution in [0.15, 0.2) is 35.2 Å². The highest BCUT2D eigenvalue weighted by Gasteiger charge is 2.11. The Hall–Kier alpha value is -0.910. The van der Waals surface area contributed by atoms with E-state index in [1.165, 1.54) is 0 Å². The van der Waals surface area contributed by atoms with E-state index < -0.39 is 10.0 Å². The predicted octanol–water partition coefficient (Wildman–Crippen LogP) is 1.78. The topological polar surface area (TPSA) is 55.4 Å². The second-order valence-electron chi connectivity index (χ2n) is 3.98. The molecule has 0 atom stereocenters. The van der Waals surface area contributed by atoms with Gasteiger partial charge in [0.2, 0.25) is 10.0 Å². The fourth-order valence-corrected chi connectivity index (χ4v) is 2.38. The van der Waals surface area contributed by atoms with Crippen LogP contribution >= 0.6 is 0 Å². The Labute approximate surface area is 103 Å². The molecule has 0 unspecified atom stereocenters. The smallest absolute Gasteiger partial charge is 0.240 e. The van der Waals surface area contributed by atoms with Crippen molar-refractivity contribution >= 4 is 10.0 Å². The molecule has 5 heteroatoms. The molecular formula is C12H19NO3S. The Morgan fingerprint density at radius 1 is 1.24 bits per heavy atom. The monoisotopic (exact) mass is 257 g/mol. The molecule has 0 radical (unpaired) electrons. The van der Waals surface area contributed by atoms with Crippen molar-refractivity contribution in [2.75, 3.05) is 13.2 Å². The van der Waals surface area contributed by atoms with Crippen LogP contribution in [0.5, 0.6) is 0 Å². The summed E-state index contributed by atoms with van der Waals surface area (Å²) in [5.41, 5.74) is 0. The average Bonchev–Trinajstić information content (AvgIpc) is 2.29.